The van der Waals surface area contributed by atoms with Gasteiger partial charge in [0.1, 0.15) is 29.3 Å². The Morgan fingerprint density at radius 2 is 2.17 bits per heavy atom. The van der Waals surface area contributed by atoms with E-state index in [-0.39, 0.29) is 5.91 Å². The lowest BCUT2D eigenvalue weighted by Gasteiger charge is -2.26. The number of hydrogen-bond donors (Lipinski definition) is 1. The largest absolute Gasteiger partial charge is 0.486 e. The van der Waals surface area contributed by atoms with Crippen LogP contribution in [0.4, 0.5) is 11.5 Å². The lowest BCUT2D eigenvalue weighted by molar-refractivity contribution is -0.126. The molecule has 178 valence electrons. The van der Waals surface area contributed by atoms with Crippen LogP contribution in [0.1, 0.15) is 16.1 Å². The molecule has 10 heteroatoms. The van der Waals surface area contributed by atoms with Crippen LogP contribution in [0.5, 0.6) is 5.75 Å². The van der Waals surface area contributed by atoms with Gasteiger partial charge in [0.05, 0.1) is 22.6 Å². The van der Waals surface area contributed by atoms with Crippen LogP contribution >= 0.6 is 38.9 Å². The first-order valence-corrected chi connectivity index (χ1v) is 13.3. The standard InChI is InChI=1S/C25H21BrClN5O2S/c26-9-3-5-22(33)32-11-8-18-21(13-32)35-25-23(18)24(29-15-30-25)31-16-6-7-20(19(27)12-16)34-14-17-4-1-2-10-28-17/h1-7,10,12,15H,8-9,11,13-14H2,(H,29,30,31)/b5-3+. The Kier molecular flexibility index (Phi) is 7.26. The summed E-state index contributed by atoms with van der Waals surface area (Å²) >= 11 is 11.4. The first kappa shape index (κ1) is 23.7. The number of ether oxygens (including phenoxy) is 1. The van der Waals surface area contributed by atoms with E-state index in [0.717, 1.165) is 38.7 Å². The highest BCUT2D eigenvalue weighted by Crippen LogP contribution is 2.38. The molecule has 1 aromatic carbocycles. The number of rotatable bonds is 7. The molecule has 4 aromatic rings. The number of carbonyl (C=O) groups excluding carboxylic acids is 1. The Morgan fingerprint density at radius 3 is 2.97 bits per heavy atom. The first-order valence-electron chi connectivity index (χ1n) is 11.0. The third-order valence-corrected chi connectivity index (χ3v) is 7.39. The molecule has 3 aromatic heterocycles. The lowest BCUT2D eigenvalue weighted by Crippen LogP contribution is -2.34. The van der Waals surface area contributed by atoms with E-state index < -0.39 is 0 Å². The lowest BCUT2D eigenvalue weighted by atomic mass is 10.0. The molecule has 0 fully saturated rings. The molecule has 4 heterocycles. The van der Waals surface area contributed by atoms with E-state index in [2.05, 4.69) is 36.2 Å². The fourth-order valence-electron chi connectivity index (χ4n) is 3.93. The Hall–Kier alpha value is -3.01. The SMILES string of the molecule is O=C(/C=C/CBr)N1CCc2c(sc3ncnc(Nc4ccc(OCc5ccccn5)c(Cl)c4)c23)C1. The molecule has 5 rings (SSSR count). The zero-order valence-corrected chi connectivity index (χ0v) is 21.7. The number of carbonyl (C=O) groups is 1. The molecule has 7 nitrogen and oxygen atoms in total. The second-order valence-corrected chi connectivity index (χ2v) is 9.99. The van der Waals surface area contributed by atoms with Crippen molar-refractivity contribution in [1.82, 2.24) is 19.9 Å². The Labute approximate surface area is 220 Å². The molecule has 0 bridgehead atoms. The maximum atomic E-state index is 12.4. The van der Waals surface area contributed by atoms with Gasteiger partial charge in [0, 0.05) is 28.6 Å². The Morgan fingerprint density at radius 1 is 1.26 bits per heavy atom. The number of aromatic nitrogens is 3. The van der Waals surface area contributed by atoms with Gasteiger partial charge in [0.25, 0.3) is 0 Å². The molecular weight excluding hydrogens is 550 g/mol. The first-order chi connectivity index (χ1) is 17.1. The van der Waals surface area contributed by atoms with Crippen LogP contribution in [0.15, 0.2) is 61.1 Å². The second-order valence-electron chi connectivity index (χ2n) is 7.85. The maximum absolute atomic E-state index is 12.4. The van der Waals surface area contributed by atoms with E-state index in [1.54, 1.807) is 29.9 Å². The highest BCUT2D eigenvalue weighted by molar-refractivity contribution is 9.09. The summed E-state index contributed by atoms with van der Waals surface area (Å²) < 4.78 is 5.83. The van der Waals surface area contributed by atoms with Crippen LogP contribution in [0.3, 0.4) is 0 Å². The quantitative estimate of drug-likeness (QED) is 0.220. The monoisotopic (exact) mass is 569 g/mol. The van der Waals surface area contributed by atoms with Crippen LogP contribution in [-0.2, 0) is 24.4 Å². The van der Waals surface area contributed by atoms with Gasteiger partial charge in [-0.2, -0.15) is 0 Å². The normalized spacial score (nSPS) is 13.3. The van der Waals surface area contributed by atoms with E-state index in [0.29, 0.717) is 35.8 Å². The molecule has 1 aliphatic rings. The minimum atomic E-state index is 0.0250. The number of amides is 1. The summed E-state index contributed by atoms with van der Waals surface area (Å²) in [4.78, 5) is 29.6. The number of thiophene rings is 1. The number of hydrogen-bond acceptors (Lipinski definition) is 7. The summed E-state index contributed by atoms with van der Waals surface area (Å²) in [5.41, 5.74) is 2.83. The average molecular weight is 571 g/mol. The Bertz CT molecular complexity index is 1400. The van der Waals surface area contributed by atoms with Gasteiger partial charge in [-0.15, -0.1) is 11.3 Å². The number of nitrogens with one attached hydrogen (secondary N) is 1. The maximum Gasteiger partial charge on any atom is 0.246 e. The number of nitrogens with zero attached hydrogens (tertiary/aromatic N) is 4. The van der Waals surface area contributed by atoms with Crippen molar-refractivity contribution in [2.45, 2.75) is 19.6 Å². The minimum absolute atomic E-state index is 0.0250. The highest BCUT2D eigenvalue weighted by Gasteiger charge is 2.25. The van der Waals surface area contributed by atoms with Gasteiger partial charge in [-0.25, -0.2) is 9.97 Å². The molecule has 0 saturated carbocycles. The predicted octanol–water partition coefficient (Wildman–Crippen LogP) is 5.90. The topological polar surface area (TPSA) is 80.2 Å². The van der Waals surface area contributed by atoms with Gasteiger partial charge in [-0.3, -0.25) is 9.78 Å². The van der Waals surface area contributed by atoms with Crippen molar-refractivity contribution in [3.05, 3.63) is 82.2 Å². The number of anilines is 2. The number of benzene rings is 1. The fraction of sp³-hybridized carbons (Fsp3) is 0.200. The van der Waals surface area contributed by atoms with Crippen molar-refractivity contribution in [2.24, 2.45) is 0 Å². The van der Waals surface area contributed by atoms with E-state index in [9.17, 15) is 4.79 Å². The number of alkyl halides is 1. The van der Waals surface area contributed by atoms with Crippen molar-refractivity contribution in [2.75, 3.05) is 17.2 Å². The van der Waals surface area contributed by atoms with Gasteiger partial charge < -0.3 is 15.0 Å². The summed E-state index contributed by atoms with van der Waals surface area (Å²) in [6.45, 7) is 1.58. The van der Waals surface area contributed by atoms with Crippen LogP contribution in [0, 0.1) is 0 Å². The molecule has 0 saturated heterocycles. The van der Waals surface area contributed by atoms with Gasteiger partial charge in [-0.05, 0) is 48.4 Å². The summed E-state index contributed by atoms with van der Waals surface area (Å²) in [6, 6.07) is 11.2. The minimum Gasteiger partial charge on any atom is -0.486 e. The molecule has 0 spiro atoms. The average Bonchev–Trinajstić information content (AvgIpc) is 3.26. The van der Waals surface area contributed by atoms with Crippen molar-refractivity contribution < 1.29 is 9.53 Å². The number of pyridine rings is 1. The third kappa shape index (κ3) is 5.32. The molecule has 0 unspecified atom stereocenters. The van der Waals surface area contributed by atoms with Crippen molar-refractivity contribution in [1.29, 1.82) is 0 Å². The zero-order chi connectivity index (χ0) is 24.2. The molecule has 1 aliphatic heterocycles. The number of fused-ring (bicyclic) bond motifs is 3. The molecular formula is C25H21BrClN5O2S. The van der Waals surface area contributed by atoms with Crippen LogP contribution < -0.4 is 10.1 Å². The summed E-state index contributed by atoms with van der Waals surface area (Å²) in [6.07, 6.45) is 7.48. The number of allylic oxidation sites excluding steroid dienone is 1. The van der Waals surface area contributed by atoms with Gasteiger partial charge in [-0.1, -0.05) is 39.7 Å². The second kappa shape index (κ2) is 10.7. The van der Waals surface area contributed by atoms with Crippen molar-refractivity contribution in [3.63, 3.8) is 0 Å². The zero-order valence-electron chi connectivity index (χ0n) is 18.6. The molecule has 35 heavy (non-hydrogen) atoms. The van der Waals surface area contributed by atoms with Crippen molar-refractivity contribution in [3.8, 4) is 5.75 Å². The number of halogens is 2. The summed E-state index contributed by atoms with van der Waals surface area (Å²) in [5.74, 6) is 1.34. The van der Waals surface area contributed by atoms with Gasteiger partial charge in [0.15, 0.2) is 0 Å². The molecule has 1 amide bonds. The molecule has 0 radical (unpaired) electrons. The van der Waals surface area contributed by atoms with Gasteiger partial charge >= 0.3 is 0 Å². The van der Waals surface area contributed by atoms with E-state index in [1.165, 1.54) is 5.56 Å². The highest BCUT2D eigenvalue weighted by atomic mass is 79.9. The van der Waals surface area contributed by atoms with E-state index in [1.807, 2.05) is 47.4 Å². The van der Waals surface area contributed by atoms with Crippen molar-refractivity contribution >= 4 is 66.5 Å². The van der Waals surface area contributed by atoms with Crippen LogP contribution in [-0.4, -0.2) is 37.6 Å². The van der Waals surface area contributed by atoms with E-state index in [4.69, 9.17) is 16.3 Å². The smallest absolute Gasteiger partial charge is 0.246 e. The third-order valence-electron chi connectivity index (χ3n) is 5.59. The van der Waals surface area contributed by atoms with E-state index >= 15 is 0 Å². The molecule has 1 N–H and O–H groups in total. The summed E-state index contributed by atoms with van der Waals surface area (Å²) in [7, 11) is 0. The molecule has 0 atom stereocenters. The van der Waals surface area contributed by atoms with Crippen LogP contribution in [0.2, 0.25) is 5.02 Å². The Balaban J connectivity index is 1.35. The predicted molar refractivity (Wildman–Crippen MR) is 143 cm³/mol. The molecule has 0 aliphatic carbocycles. The summed E-state index contributed by atoms with van der Waals surface area (Å²) in [5, 5.41) is 5.55. The fourth-order valence-corrected chi connectivity index (χ4v) is 5.55. The van der Waals surface area contributed by atoms with Gasteiger partial charge in [0.2, 0.25) is 5.91 Å². The van der Waals surface area contributed by atoms with Crippen LogP contribution in [0.25, 0.3) is 10.2 Å².